The molecule has 1 rings (SSSR count). The monoisotopic (exact) mass is 301 g/mol. The number of sulfone groups is 1. The minimum atomic E-state index is -3.03. The molecule has 0 saturated heterocycles. The van der Waals surface area contributed by atoms with Gasteiger partial charge in [0.15, 0.2) is 21.3 Å². The first-order chi connectivity index (χ1) is 9.35. The molecule has 0 amide bonds. The molecule has 0 aliphatic rings. The Hall–Kier alpha value is -1.27. The highest BCUT2D eigenvalue weighted by Gasteiger charge is 2.09. The molecule has 6 heteroatoms. The van der Waals surface area contributed by atoms with Crippen LogP contribution in [0.1, 0.15) is 18.9 Å². The standard InChI is InChI=1S/C14H23NO4S/c1-4-12(15)9-11-5-6-13(18-2)14(10-11)19-7-8-20(3,16)17/h5-6,10,12H,4,7-9,15H2,1-3H3. The lowest BCUT2D eigenvalue weighted by molar-refractivity contribution is 0.311. The highest BCUT2D eigenvalue weighted by molar-refractivity contribution is 7.90. The minimum absolute atomic E-state index is 0.0190. The molecule has 0 radical (unpaired) electrons. The third-order valence-electron chi connectivity index (χ3n) is 2.96. The van der Waals surface area contributed by atoms with E-state index in [9.17, 15) is 8.42 Å². The zero-order valence-corrected chi connectivity index (χ0v) is 13.1. The van der Waals surface area contributed by atoms with Crippen LogP contribution in [-0.4, -0.2) is 40.2 Å². The number of rotatable bonds is 8. The molecule has 1 atom stereocenters. The number of nitrogens with two attached hydrogens (primary N) is 1. The Morgan fingerprint density at radius 1 is 1.30 bits per heavy atom. The van der Waals surface area contributed by atoms with Crippen molar-refractivity contribution in [2.75, 3.05) is 25.7 Å². The van der Waals surface area contributed by atoms with Crippen LogP contribution in [0.25, 0.3) is 0 Å². The summed E-state index contributed by atoms with van der Waals surface area (Å²) in [4.78, 5) is 0. The molecule has 0 aliphatic heterocycles. The van der Waals surface area contributed by atoms with E-state index in [1.54, 1.807) is 7.11 Å². The molecule has 20 heavy (non-hydrogen) atoms. The first-order valence-electron chi connectivity index (χ1n) is 6.58. The number of ether oxygens (including phenoxy) is 2. The molecule has 0 aliphatic carbocycles. The van der Waals surface area contributed by atoms with E-state index in [4.69, 9.17) is 15.2 Å². The average Bonchev–Trinajstić information content (AvgIpc) is 2.37. The van der Waals surface area contributed by atoms with E-state index in [1.807, 2.05) is 25.1 Å². The summed E-state index contributed by atoms with van der Waals surface area (Å²) in [6.07, 6.45) is 2.84. The van der Waals surface area contributed by atoms with Gasteiger partial charge in [0.25, 0.3) is 0 Å². The Balaban J connectivity index is 2.78. The van der Waals surface area contributed by atoms with Crippen LogP contribution in [0.2, 0.25) is 0 Å². The zero-order chi connectivity index (χ0) is 15.2. The van der Waals surface area contributed by atoms with Gasteiger partial charge >= 0.3 is 0 Å². The summed E-state index contributed by atoms with van der Waals surface area (Å²) >= 11 is 0. The maximum Gasteiger partial charge on any atom is 0.161 e. The number of benzene rings is 1. The van der Waals surface area contributed by atoms with Gasteiger partial charge in [0, 0.05) is 12.3 Å². The Labute approximate surface area is 121 Å². The second-order valence-electron chi connectivity index (χ2n) is 4.84. The fraction of sp³-hybridized carbons (Fsp3) is 0.571. The van der Waals surface area contributed by atoms with Gasteiger partial charge in [0.1, 0.15) is 6.61 Å². The summed E-state index contributed by atoms with van der Waals surface area (Å²) in [7, 11) is -1.48. The molecule has 2 N–H and O–H groups in total. The Bertz CT molecular complexity index is 528. The zero-order valence-electron chi connectivity index (χ0n) is 12.3. The highest BCUT2D eigenvalue weighted by atomic mass is 32.2. The van der Waals surface area contributed by atoms with Crippen LogP contribution in [0.4, 0.5) is 0 Å². The van der Waals surface area contributed by atoms with Crippen molar-refractivity contribution in [1.82, 2.24) is 0 Å². The molecule has 0 saturated carbocycles. The van der Waals surface area contributed by atoms with Gasteiger partial charge in [-0.05, 0) is 30.5 Å². The van der Waals surface area contributed by atoms with E-state index >= 15 is 0 Å². The third kappa shape index (κ3) is 5.79. The SMILES string of the molecule is CCC(N)Cc1ccc(OC)c(OCCS(C)(=O)=O)c1. The fourth-order valence-corrected chi connectivity index (χ4v) is 2.10. The topological polar surface area (TPSA) is 78.6 Å². The summed E-state index contributed by atoms with van der Waals surface area (Å²) < 4.78 is 32.9. The van der Waals surface area contributed by atoms with Gasteiger partial charge in [-0.3, -0.25) is 0 Å². The largest absolute Gasteiger partial charge is 0.493 e. The highest BCUT2D eigenvalue weighted by Crippen LogP contribution is 2.28. The molecule has 0 aromatic heterocycles. The quantitative estimate of drug-likeness (QED) is 0.785. The van der Waals surface area contributed by atoms with Gasteiger partial charge in [-0.15, -0.1) is 0 Å². The first-order valence-corrected chi connectivity index (χ1v) is 8.64. The second-order valence-corrected chi connectivity index (χ2v) is 7.10. The van der Waals surface area contributed by atoms with Crippen molar-refractivity contribution in [2.45, 2.75) is 25.8 Å². The van der Waals surface area contributed by atoms with Crippen molar-refractivity contribution in [2.24, 2.45) is 5.73 Å². The molecule has 1 aromatic rings. The summed E-state index contributed by atoms with van der Waals surface area (Å²) in [5.74, 6) is 1.12. The minimum Gasteiger partial charge on any atom is -0.493 e. The molecular weight excluding hydrogens is 278 g/mol. The summed E-state index contributed by atoms with van der Waals surface area (Å²) in [6, 6.07) is 5.72. The van der Waals surface area contributed by atoms with Crippen molar-refractivity contribution >= 4 is 9.84 Å². The van der Waals surface area contributed by atoms with E-state index in [1.165, 1.54) is 6.26 Å². The van der Waals surface area contributed by atoms with Crippen molar-refractivity contribution in [1.29, 1.82) is 0 Å². The van der Waals surface area contributed by atoms with Gasteiger partial charge in [0.05, 0.1) is 12.9 Å². The molecule has 0 heterocycles. The van der Waals surface area contributed by atoms with Gasteiger partial charge in [-0.2, -0.15) is 0 Å². The summed E-state index contributed by atoms with van der Waals surface area (Å²) in [5, 5.41) is 0. The average molecular weight is 301 g/mol. The second kappa shape index (κ2) is 7.50. The molecule has 114 valence electrons. The molecule has 0 bridgehead atoms. The van der Waals surface area contributed by atoms with E-state index in [0.717, 1.165) is 18.4 Å². The van der Waals surface area contributed by atoms with E-state index in [0.29, 0.717) is 11.5 Å². The molecule has 1 unspecified atom stereocenters. The van der Waals surface area contributed by atoms with Crippen LogP contribution >= 0.6 is 0 Å². The number of methoxy groups -OCH3 is 1. The Kier molecular flexibility index (Phi) is 6.29. The van der Waals surface area contributed by atoms with Gasteiger partial charge in [-0.1, -0.05) is 13.0 Å². The predicted octanol–water partition coefficient (Wildman–Crippen LogP) is 1.40. The van der Waals surface area contributed by atoms with E-state index in [2.05, 4.69) is 0 Å². The van der Waals surface area contributed by atoms with Crippen molar-refractivity contribution < 1.29 is 17.9 Å². The number of hydrogen-bond donors (Lipinski definition) is 1. The van der Waals surface area contributed by atoms with Crippen LogP contribution in [-0.2, 0) is 16.3 Å². The normalized spacial score (nSPS) is 13.0. The Morgan fingerprint density at radius 3 is 2.55 bits per heavy atom. The van der Waals surface area contributed by atoms with Crippen LogP contribution < -0.4 is 15.2 Å². The lowest BCUT2D eigenvalue weighted by Crippen LogP contribution is -2.21. The maximum absolute atomic E-state index is 11.1. The van der Waals surface area contributed by atoms with E-state index < -0.39 is 9.84 Å². The molecule has 5 nitrogen and oxygen atoms in total. The number of hydrogen-bond acceptors (Lipinski definition) is 5. The first kappa shape index (κ1) is 16.8. The van der Waals surface area contributed by atoms with Gasteiger partial charge in [0.2, 0.25) is 0 Å². The van der Waals surface area contributed by atoms with Crippen LogP contribution in [0.5, 0.6) is 11.5 Å². The van der Waals surface area contributed by atoms with Crippen LogP contribution in [0, 0.1) is 0 Å². The van der Waals surface area contributed by atoms with Crippen molar-refractivity contribution in [3.05, 3.63) is 23.8 Å². The summed E-state index contributed by atoms with van der Waals surface area (Å²) in [6.45, 7) is 2.15. The maximum atomic E-state index is 11.1. The smallest absolute Gasteiger partial charge is 0.161 e. The molecule has 0 fully saturated rings. The molecular formula is C14H23NO4S. The van der Waals surface area contributed by atoms with E-state index in [-0.39, 0.29) is 18.4 Å². The third-order valence-corrected chi connectivity index (χ3v) is 3.87. The van der Waals surface area contributed by atoms with Crippen molar-refractivity contribution in [3.63, 3.8) is 0 Å². The fourth-order valence-electron chi connectivity index (χ4n) is 1.71. The predicted molar refractivity (Wildman–Crippen MR) is 80.2 cm³/mol. The van der Waals surface area contributed by atoms with Crippen molar-refractivity contribution in [3.8, 4) is 11.5 Å². The molecule has 0 spiro atoms. The molecule has 1 aromatic carbocycles. The van der Waals surface area contributed by atoms with Gasteiger partial charge < -0.3 is 15.2 Å². The lowest BCUT2D eigenvalue weighted by atomic mass is 10.0. The van der Waals surface area contributed by atoms with Crippen LogP contribution in [0.3, 0.4) is 0 Å². The van der Waals surface area contributed by atoms with Crippen LogP contribution in [0.15, 0.2) is 18.2 Å². The lowest BCUT2D eigenvalue weighted by Gasteiger charge is -2.14. The van der Waals surface area contributed by atoms with Gasteiger partial charge in [-0.25, -0.2) is 8.42 Å². The Morgan fingerprint density at radius 2 is 2.00 bits per heavy atom. The summed E-state index contributed by atoms with van der Waals surface area (Å²) in [5.41, 5.74) is 6.98.